The smallest absolute Gasteiger partial charge is 0.0534 e. The highest BCUT2D eigenvalue weighted by atomic mass is 15.2. The second-order valence-corrected chi connectivity index (χ2v) is 5.36. The average molecular weight is 257 g/mol. The van der Waals surface area contributed by atoms with Crippen molar-refractivity contribution in [1.82, 2.24) is 14.7 Å². The molecule has 0 saturated carbocycles. The van der Waals surface area contributed by atoms with Crippen molar-refractivity contribution >= 4 is 0 Å². The van der Waals surface area contributed by atoms with Gasteiger partial charge in [-0.05, 0) is 31.5 Å². The van der Waals surface area contributed by atoms with Gasteiger partial charge in [0.05, 0.1) is 6.20 Å². The Balaban J connectivity index is 1.79. The van der Waals surface area contributed by atoms with E-state index in [9.17, 15) is 0 Å². The molecule has 3 heteroatoms. The minimum Gasteiger partial charge on any atom is -0.302 e. The molecule has 2 aromatic rings. The van der Waals surface area contributed by atoms with Gasteiger partial charge in [0.25, 0.3) is 0 Å². The molecule has 0 aliphatic heterocycles. The maximum atomic E-state index is 4.20. The Morgan fingerprint density at radius 3 is 2.63 bits per heavy atom. The van der Waals surface area contributed by atoms with E-state index >= 15 is 0 Å². The van der Waals surface area contributed by atoms with Gasteiger partial charge in [0.2, 0.25) is 0 Å². The number of rotatable bonds is 6. The first-order valence-electron chi connectivity index (χ1n) is 6.86. The van der Waals surface area contributed by atoms with Crippen molar-refractivity contribution in [2.24, 2.45) is 7.05 Å². The molecule has 0 N–H and O–H groups in total. The monoisotopic (exact) mass is 257 g/mol. The van der Waals surface area contributed by atoms with Crippen LogP contribution in [0.5, 0.6) is 0 Å². The molecule has 0 saturated heterocycles. The quantitative estimate of drug-likeness (QED) is 0.793. The van der Waals surface area contributed by atoms with Gasteiger partial charge >= 0.3 is 0 Å². The minimum absolute atomic E-state index is 0.609. The van der Waals surface area contributed by atoms with E-state index in [2.05, 4.69) is 60.5 Å². The van der Waals surface area contributed by atoms with E-state index in [4.69, 9.17) is 0 Å². The van der Waals surface area contributed by atoms with Crippen LogP contribution < -0.4 is 0 Å². The summed E-state index contributed by atoms with van der Waals surface area (Å²) in [6.07, 6.45) is 5.20. The Bertz CT molecular complexity index is 490. The van der Waals surface area contributed by atoms with E-state index in [1.807, 2.05) is 17.9 Å². The number of hydrogen-bond donors (Lipinski definition) is 0. The molecule has 0 aliphatic carbocycles. The summed E-state index contributed by atoms with van der Waals surface area (Å²) < 4.78 is 1.86. The van der Waals surface area contributed by atoms with Gasteiger partial charge in [0.1, 0.15) is 0 Å². The van der Waals surface area contributed by atoms with Crippen LogP contribution in [-0.2, 0) is 13.6 Å². The summed E-state index contributed by atoms with van der Waals surface area (Å²) in [4.78, 5) is 2.36. The summed E-state index contributed by atoms with van der Waals surface area (Å²) in [5.41, 5.74) is 2.70. The number of benzene rings is 1. The van der Waals surface area contributed by atoms with Gasteiger partial charge in [-0.25, -0.2) is 0 Å². The number of aryl methyl sites for hydroxylation is 1. The van der Waals surface area contributed by atoms with E-state index in [1.165, 1.54) is 17.5 Å². The molecular formula is C16H23N3. The highest BCUT2D eigenvalue weighted by Gasteiger charge is 2.07. The molecule has 2 rings (SSSR count). The van der Waals surface area contributed by atoms with Crippen molar-refractivity contribution in [3.8, 4) is 0 Å². The van der Waals surface area contributed by atoms with Gasteiger partial charge in [0.15, 0.2) is 0 Å². The molecule has 1 aromatic heterocycles. The normalized spacial score (nSPS) is 12.8. The molecule has 0 fully saturated rings. The van der Waals surface area contributed by atoms with Gasteiger partial charge in [-0.15, -0.1) is 0 Å². The van der Waals surface area contributed by atoms with Crippen molar-refractivity contribution < 1.29 is 0 Å². The third-order valence-corrected chi connectivity index (χ3v) is 3.52. The number of aromatic nitrogens is 2. The zero-order valence-corrected chi connectivity index (χ0v) is 12.1. The molecule has 1 atom stereocenters. The zero-order valence-electron chi connectivity index (χ0n) is 12.1. The summed E-state index contributed by atoms with van der Waals surface area (Å²) in [6, 6.07) is 10.7. The third-order valence-electron chi connectivity index (χ3n) is 3.52. The number of hydrogen-bond acceptors (Lipinski definition) is 2. The first kappa shape index (κ1) is 13.8. The zero-order chi connectivity index (χ0) is 13.7. The molecule has 0 aliphatic rings. The van der Waals surface area contributed by atoms with Crippen LogP contribution in [0.2, 0.25) is 0 Å². The van der Waals surface area contributed by atoms with Gasteiger partial charge in [0, 0.05) is 25.4 Å². The maximum Gasteiger partial charge on any atom is 0.0534 e. The van der Waals surface area contributed by atoms with E-state index in [0.29, 0.717) is 5.92 Å². The van der Waals surface area contributed by atoms with Gasteiger partial charge in [-0.1, -0.05) is 37.3 Å². The summed E-state index contributed by atoms with van der Waals surface area (Å²) in [6.45, 7) is 4.37. The Kier molecular flexibility index (Phi) is 4.74. The Morgan fingerprint density at radius 1 is 1.26 bits per heavy atom. The fourth-order valence-corrected chi connectivity index (χ4v) is 2.31. The molecule has 0 amide bonds. The lowest BCUT2D eigenvalue weighted by Crippen LogP contribution is -2.20. The number of nitrogens with zero attached hydrogens (tertiary/aromatic N) is 3. The van der Waals surface area contributed by atoms with Crippen LogP contribution in [0.4, 0.5) is 0 Å². The van der Waals surface area contributed by atoms with Crippen LogP contribution >= 0.6 is 0 Å². The second kappa shape index (κ2) is 6.53. The van der Waals surface area contributed by atoms with Crippen molar-refractivity contribution in [2.45, 2.75) is 25.8 Å². The average Bonchev–Trinajstić information content (AvgIpc) is 2.82. The fraction of sp³-hybridized carbons (Fsp3) is 0.438. The maximum absolute atomic E-state index is 4.20. The predicted molar refractivity (Wildman–Crippen MR) is 79.0 cm³/mol. The Morgan fingerprint density at radius 2 is 2.00 bits per heavy atom. The Hall–Kier alpha value is -1.61. The van der Waals surface area contributed by atoms with E-state index in [-0.39, 0.29) is 0 Å². The molecule has 0 spiro atoms. The molecule has 1 aromatic carbocycles. The summed E-state index contributed by atoms with van der Waals surface area (Å²) in [5.74, 6) is 0.609. The first-order chi connectivity index (χ1) is 9.15. The largest absolute Gasteiger partial charge is 0.302 e. The molecule has 0 bridgehead atoms. The first-order valence-corrected chi connectivity index (χ1v) is 6.86. The van der Waals surface area contributed by atoms with Crippen LogP contribution in [0, 0.1) is 0 Å². The lowest BCUT2D eigenvalue weighted by Gasteiger charge is -2.19. The molecule has 0 radical (unpaired) electrons. The second-order valence-electron chi connectivity index (χ2n) is 5.36. The molecule has 19 heavy (non-hydrogen) atoms. The van der Waals surface area contributed by atoms with E-state index in [1.54, 1.807) is 0 Å². The molecule has 102 valence electrons. The van der Waals surface area contributed by atoms with Crippen LogP contribution in [0.25, 0.3) is 0 Å². The van der Waals surface area contributed by atoms with Crippen LogP contribution in [0.1, 0.15) is 30.4 Å². The minimum atomic E-state index is 0.609. The highest BCUT2D eigenvalue weighted by Crippen LogP contribution is 2.18. The summed E-state index contributed by atoms with van der Waals surface area (Å²) in [7, 11) is 4.13. The van der Waals surface area contributed by atoms with Crippen LogP contribution in [-0.4, -0.2) is 28.3 Å². The molecular weight excluding hydrogens is 234 g/mol. The topological polar surface area (TPSA) is 21.1 Å². The third kappa shape index (κ3) is 4.21. The van der Waals surface area contributed by atoms with E-state index < -0.39 is 0 Å². The standard InChI is InChI=1S/C16H23N3/c1-14(16-7-5-4-6-8-16)9-10-18(2)12-15-11-17-19(3)13-15/h4-8,11,13-14H,9-10,12H2,1-3H3. The highest BCUT2D eigenvalue weighted by molar-refractivity contribution is 5.18. The van der Waals surface area contributed by atoms with Gasteiger partial charge in [-0.2, -0.15) is 5.10 Å². The molecule has 3 nitrogen and oxygen atoms in total. The summed E-state index contributed by atoms with van der Waals surface area (Å²) in [5, 5.41) is 4.20. The SMILES string of the molecule is CC(CCN(C)Cc1cnn(C)c1)c1ccccc1. The fourth-order valence-electron chi connectivity index (χ4n) is 2.31. The van der Waals surface area contributed by atoms with E-state index in [0.717, 1.165) is 13.1 Å². The Labute approximate surface area is 115 Å². The van der Waals surface area contributed by atoms with Crippen molar-refractivity contribution in [3.63, 3.8) is 0 Å². The van der Waals surface area contributed by atoms with Gasteiger partial charge < -0.3 is 4.90 Å². The molecule has 1 unspecified atom stereocenters. The van der Waals surface area contributed by atoms with Crippen molar-refractivity contribution in [1.29, 1.82) is 0 Å². The van der Waals surface area contributed by atoms with Crippen LogP contribution in [0.3, 0.4) is 0 Å². The lowest BCUT2D eigenvalue weighted by molar-refractivity contribution is 0.313. The predicted octanol–water partition coefficient (Wildman–Crippen LogP) is 3.05. The lowest BCUT2D eigenvalue weighted by atomic mass is 9.98. The van der Waals surface area contributed by atoms with Crippen molar-refractivity contribution in [3.05, 3.63) is 53.9 Å². The molecule has 1 heterocycles. The van der Waals surface area contributed by atoms with Crippen LogP contribution in [0.15, 0.2) is 42.7 Å². The summed E-state index contributed by atoms with van der Waals surface area (Å²) >= 11 is 0. The van der Waals surface area contributed by atoms with Crippen molar-refractivity contribution in [2.75, 3.05) is 13.6 Å². The van der Waals surface area contributed by atoms with Gasteiger partial charge in [-0.3, -0.25) is 4.68 Å².